The normalized spacial score (nSPS) is 19.2. The Bertz CT molecular complexity index is 444. The van der Waals surface area contributed by atoms with Gasteiger partial charge >= 0.3 is 0 Å². The van der Waals surface area contributed by atoms with Crippen LogP contribution < -0.4 is 5.73 Å². The van der Waals surface area contributed by atoms with E-state index in [1.165, 1.54) is 0 Å². The first kappa shape index (κ1) is 14.2. The molecule has 1 unspecified atom stereocenters. The highest BCUT2D eigenvalue weighted by Gasteiger charge is 2.26. The average Bonchev–Trinajstić information content (AvgIpc) is 2.39. The summed E-state index contributed by atoms with van der Waals surface area (Å²) in [6.07, 6.45) is 0. The molecule has 1 fully saturated rings. The number of phenolic OH excluding ortho intramolecular Hbond substituents is 1. The Morgan fingerprint density at radius 3 is 2.58 bits per heavy atom. The third kappa shape index (κ3) is 3.43. The third-order valence-electron chi connectivity index (χ3n) is 3.67. The molecular formula is C14H21N3OS. The quantitative estimate of drug-likeness (QED) is 0.815. The zero-order valence-corrected chi connectivity index (χ0v) is 12.1. The van der Waals surface area contributed by atoms with E-state index < -0.39 is 0 Å². The first-order chi connectivity index (χ1) is 9.11. The topological polar surface area (TPSA) is 52.7 Å². The third-order valence-corrected chi connectivity index (χ3v) is 3.90. The maximum absolute atomic E-state index is 9.61. The van der Waals surface area contributed by atoms with Crippen LogP contribution in [0, 0.1) is 0 Å². The van der Waals surface area contributed by atoms with Gasteiger partial charge in [0.05, 0.1) is 11.0 Å². The molecule has 0 aromatic heterocycles. The van der Waals surface area contributed by atoms with Gasteiger partial charge in [0.2, 0.25) is 0 Å². The van der Waals surface area contributed by atoms with Crippen LogP contribution >= 0.6 is 12.2 Å². The molecule has 1 atom stereocenters. The van der Waals surface area contributed by atoms with Crippen LogP contribution in [-0.2, 0) is 0 Å². The summed E-state index contributed by atoms with van der Waals surface area (Å²) in [5, 5.41) is 9.61. The van der Waals surface area contributed by atoms with Crippen LogP contribution in [0.3, 0.4) is 0 Å². The summed E-state index contributed by atoms with van der Waals surface area (Å²) in [5.74, 6) is 0.256. The Morgan fingerprint density at radius 1 is 1.37 bits per heavy atom. The molecule has 5 heteroatoms. The van der Waals surface area contributed by atoms with E-state index in [1.807, 2.05) is 12.1 Å². The number of hydrogen-bond acceptors (Lipinski definition) is 4. The Morgan fingerprint density at radius 2 is 2.05 bits per heavy atom. The molecule has 1 aliphatic rings. The van der Waals surface area contributed by atoms with Crippen molar-refractivity contribution in [1.29, 1.82) is 0 Å². The van der Waals surface area contributed by atoms with E-state index in [0.29, 0.717) is 4.99 Å². The molecule has 3 N–H and O–H groups in total. The van der Waals surface area contributed by atoms with Crippen molar-refractivity contribution in [2.75, 3.05) is 32.7 Å². The number of nitrogens with zero attached hydrogens (tertiary/aromatic N) is 2. The molecule has 1 aliphatic heterocycles. The maximum atomic E-state index is 9.61. The van der Waals surface area contributed by atoms with Crippen LogP contribution in [-0.4, -0.2) is 52.6 Å². The summed E-state index contributed by atoms with van der Waals surface area (Å²) in [6, 6.07) is 7.13. The molecule has 104 valence electrons. The number of thiocarbonyl (C=S) groups is 1. The molecule has 0 amide bonds. The molecule has 19 heavy (non-hydrogen) atoms. The van der Waals surface area contributed by atoms with Gasteiger partial charge in [-0.25, -0.2) is 0 Å². The highest BCUT2D eigenvalue weighted by atomic mass is 32.1. The van der Waals surface area contributed by atoms with E-state index in [0.717, 1.165) is 38.3 Å². The van der Waals surface area contributed by atoms with Gasteiger partial charge in [-0.2, -0.15) is 0 Å². The first-order valence-electron chi connectivity index (χ1n) is 6.66. The van der Waals surface area contributed by atoms with Gasteiger partial charge in [-0.15, -0.1) is 0 Å². The summed E-state index contributed by atoms with van der Waals surface area (Å²) >= 11 is 5.22. The van der Waals surface area contributed by atoms with Crippen molar-refractivity contribution in [3.8, 4) is 5.75 Å². The van der Waals surface area contributed by atoms with Gasteiger partial charge in [-0.1, -0.05) is 31.3 Å². The number of piperazine rings is 1. The summed E-state index contributed by atoms with van der Waals surface area (Å²) < 4.78 is 0. The van der Waals surface area contributed by atoms with E-state index in [4.69, 9.17) is 18.0 Å². The Balaban J connectivity index is 2.15. The molecule has 0 spiro atoms. The van der Waals surface area contributed by atoms with E-state index in [9.17, 15) is 5.11 Å². The van der Waals surface area contributed by atoms with Gasteiger partial charge in [0, 0.05) is 26.2 Å². The smallest absolute Gasteiger partial charge is 0.115 e. The molecule has 0 saturated carbocycles. The summed E-state index contributed by atoms with van der Waals surface area (Å²) in [4.78, 5) is 5.18. The summed E-state index contributed by atoms with van der Waals surface area (Å²) in [5.41, 5.74) is 6.88. The molecule has 2 rings (SSSR count). The lowest BCUT2D eigenvalue weighted by molar-refractivity contribution is 0.122. The number of nitrogens with two attached hydrogens (primary N) is 1. The van der Waals surface area contributed by atoms with Gasteiger partial charge in [0.15, 0.2) is 0 Å². The molecule has 1 aromatic rings. The highest BCUT2D eigenvalue weighted by molar-refractivity contribution is 7.80. The lowest BCUT2D eigenvalue weighted by Crippen LogP contribution is -2.49. The standard InChI is InChI=1S/C14H21N3OS/c1-2-16-6-8-17(9-7-16)13(14(15)19)11-4-3-5-12(18)10-11/h3-5,10,13,18H,2,6-9H2,1H3,(H2,15,19). The van der Waals surface area contributed by atoms with E-state index in [-0.39, 0.29) is 11.8 Å². The fourth-order valence-corrected chi connectivity index (χ4v) is 2.87. The SMILES string of the molecule is CCN1CCN(C(C(N)=S)c2cccc(O)c2)CC1. The average molecular weight is 279 g/mol. The summed E-state index contributed by atoms with van der Waals surface area (Å²) in [6.45, 7) is 7.23. The summed E-state index contributed by atoms with van der Waals surface area (Å²) in [7, 11) is 0. The zero-order valence-electron chi connectivity index (χ0n) is 11.2. The predicted octanol–water partition coefficient (Wildman–Crippen LogP) is 1.36. The Kier molecular flexibility index (Phi) is 4.74. The monoisotopic (exact) mass is 279 g/mol. The molecule has 0 aliphatic carbocycles. The van der Waals surface area contributed by atoms with Gasteiger partial charge in [-0.3, -0.25) is 4.90 Å². The lowest BCUT2D eigenvalue weighted by atomic mass is 10.0. The van der Waals surface area contributed by atoms with Crippen molar-refractivity contribution in [3.63, 3.8) is 0 Å². The van der Waals surface area contributed by atoms with E-state index in [2.05, 4.69) is 16.7 Å². The van der Waals surface area contributed by atoms with E-state index >= 15 is 0 Å². The number of phenols is 1. The van der Waals surface area contributed by atoms with Gasteiger partial charge < -0.3 is 15.7 Å². The molecular weight excluding hydrogens is 258 g/mol. The van der Waals surface area contributed by atoms with Crippen molar-refractivity contribution in [1.82, 2.24) is 9.80 Å². The molecule has 4 nitrogen and oxygen atoms in total. The van der Waals surface area contributed by atoms with Gasteiger partial charge in [-0.05, 0) is 24.2 Å². The largest absolute Gasteiger partial charge is 0.508 e. The van der Waals surface area contributed by atoms with Crippen molar-refractivity contribution < 1.29 is 5.11 Å². The van der Waals surface area contributed by atoms with Crippen molar-refractivity contribution in [2.45, 2.75) is 13.0 Å². The van der Waals surface area contributed by atoms with Crippen LogP contribution in [0.2, 0.25) is 0 Å². The Labute approximate surface area is 119 Å². The molecule has 0 bridgehead atoms. The van der Waals surface area contributed by atoms with Crippen molar-refractivity contribution >= 4 is 17.2 Å². The fraction of sp³-hybridized carbons (Fsp3) is 0.500. The van der Waals surface area contributed by atoms with Gasteiger partial charge in [0.25, 0.3) is 0 Å². The van der Waals surface area contributed by atoms with Gasteiger partial charge in [0.1, 0.15) is 5.75 Å². The molecule has 0 radical (unpaired) electrons. The second kappa shape index (κ2) is 6.32. The highest BCUT2D eigenvalue weighted by Crippen LogP contribution is 2.25. The second-order valence-electron chi connectivity index (χ2n) is 4.87. The number of rotatable bonds is 4. The number of aromatic hydroxyl groups is 1. The predicted molar refractivity (Wildman–Crippen MR) is 81.3 cm³/mol. The lowest BCUT2D eigenvalue weighted by Gasteiger charge is -2.38. The van der Waals surface area contributed by atoms with Crippen molar-refractivity contribution in [2.24, 2.45) is 5.73 Å². The zero-order chi connectivity index (χ0) is 13.8. The Hall–Kier alpha value is -1.17. The minimum Gasteiger partial charge on any atom is -0.508 e. The van der Waals surface area contributed by atoms with Crippen LogP contribution in [0.4, 0.5) is 0 Å². The fourth-order valence-electron chi connectivity index (χ4n) is 2.59. The van der Waals surface area contributed by atoms with Crippen LogP contribution in [0.25, 0.3) is 0 Å². The number of likely N-dealkylation sites (N-methyl/N-ethyl adjacent to an activating group) is 1. The van der Waals surface area contributed by atoms with Crippen LogP contribution in [0.5, 0.6) is 5.75 Å². The molecule has 1 saturated heterocycles. The minimum absolute atomic E-state index is 0.0823. The maximum Gasteiger partial charge on any atom is 0.115 e. The molecule has 1 heterocycles. The number of benzene rings is 1. The number of hydrogen-bond donors (Lipinski definition) is 2. The second-order valence-corrected chi connectivity index (χ2v) is 5.34. The van der Waals surface area contributed by atoms with Crippen LogP contribution in [0.1, 0.15) is 18.5 Å². The first-order valence-corrected chi connectivity index (χ1v) is 7.07. The van der Waals surface area contributed by atoms with E-state index in [1.54, 1.807) is 12.1 Å². The minimum atomic E-state index is -0.0823. The van der Waals surface area contributed by atoms with Crippen molar-refractivity contribution in [3.05, 3.63) is 29.8 Å². The van der Waals surface area contributed by atoms with Crippen LogP contribution in [0.15, 0.2) is 24.3 Å². The molecule has 1 aromatic carbocycles.